The molecule has 0 saturated carbocycles. The molecule has 6 heteroatoms. The summed E-state index contributed by atoms with van der Waals surface area (Å²) in [4.78, 5) is 12.2. The fraction of sp³-hybridized carbons (Fsp3) is 0. The van der Waals surface area contributed by atoms with Gasteiger partial charge in [0.1, 0.15) is 5.82 Å². The van der Waals surface area contributed by atoms with Crippen LogP contribution in [0.3, 0.4) is 0 Å². The molecule has 0 bridgehead atoms. The van der Waals surface area contributed by atoms with Crippen LogP contribution >= 0.6 is 22.9 Å². The lowest BCUT2D eigenvalue weighted by atomic mass is 10.2. The first-order valence-corrected chi connectivity index (χ1v) is 5.87. The molecule has 0 spiro atoms. The molecule has 2 aromatic rings. The van der Waals surface area contributed by atoms with Crippen LogP contribution in [-0.2, 0) is 0 Å². The minimum atomic E-state index is -0.445. The second-order valence-electron chi connectivity index (χ2n) is 3.29. The number of thiophene rings is 1. The van der Waals surface area contributed by atoms with Crippen LogP contribution in [0, 0.1) is 5.82 Å². The van der Waals surface area contributed by atoms with Crippen molar-refractivity contribution in [2.24, 2.45) is 0 Å². The fourth-order valence-electron chi connectivity index (χ4n) is 1.27. The maximum absolute atomic E-state index is 12.8. The van der Waals surface area contributed by atoms with Crippen molar-refractivity contribution in [3.05, 3.63) is 45.4 Å². The van der Waals surface area contributed by atoms with Crippen LogP contribution < -0.4 is 11.1 Å². The monoisotopic (exact) mass is 270 g/mol. The highest BCUT2D eigenvalue weighted by Gasteiger charge is 2.10. The molecule has 0 aliphatic carbocycles. The van der Waals surface area contributed by atoms with E-state index >= 15 is 0 Å². The van der Waals surface area contributed by atoms with E-state index in [2.05, 4.69) is 5.32 Å². The molecule has 3 nitrogen and oxygen atoms in total. The van der Waals surface area contributed by atoms with Gasteiger partial charge in [-0.3, -0.25) is 4.79 Å². The van der Waals surface area contributed by atoms with Crippen LogP contribution in [0.15, 0.2) is 30.3 Å². The summed E-state index contributed by atoms with van der Waals surface area (Å²) in [7, 11) is 0. The second-order valence-corrected chi connectivity index (χ2v) is 5.00. The van der Waals surface area contributed by atoms with Gasteiger partial charge in [0.2, 0.25) is 0 Å². The number of benzene rings is 1. The Morgan fingerprint density at radius 1 is 1.35 bits per heavy atom. The van der Waals surface area contributed by atoms with Crippen LogP contribution in [0.25, 0.3) is 0 Å². The number of nitrogen functional groups attached to an aromatic ring is 1. The van der Waals surface area contributed by atoms with Gasteiger partial charge >= 0.3 is 0 Å². The van der Waals surface area contributed by atoms with Gasteiger partial charge < -0.3 is 11.1 Å². The summed E-state index contributed by atoms with van der Waals surface area (Å²) in [5.41, 5.74) is 6.13. The Bertz CT molecular complexity index is 570. The molecule has 0 saturated heterocycles. The third kappa shape index (κ3) is 2.75. The minimum Gasteiger partial charge on any atom is -0.397 e. The fourth-order valence-corrected chi connectivity index (χ4v) is 2.21. The minimum absolute atomic E-state index is 0.181. The Balaban J connectivity index is 2.18. The van der Waals surface area contributed by atoms with Crippen molar-refractivity contribution < 1.29 is 9.18 Å². The first-order chi connectivity index (χ1) is 8.06. The normalized spacial score (nSPS) is 10.2. The summed E-state index contributed by atoms with van der Waals surface area (Å²) in [5.74, 6) is -0.764. The molecule has 88 valence electrons. The highest BCUT2D eigenvalue weighted by atomic mass is 35.5. The van der Waals surface area contributed by atoms with E-state index in [0.29, 0.717) is 14.9 Å². The van der Waals surface area contributed by atoms with Crippen LogP contribution in [0.2, 0.25) is 4.34 Å². The van der Waals surface area contributed by atoms with Crippen LogP contribution in [0.1, 0.15) is 9.67 Å². The zero-order valence-corrected chi connectivity index (χ0v) is 10.1. The van der Waals surface area contributed by atoms with Gasteiger partial charge in [0.15, 0.2) is 0 Å². The van der Waals surface area contributed by atoms with Gasteiger partial charge in [0.05, 0.1) is 20.6 Å². The van der Waals surface area contributed by atoms with Gasteiger partial charge in [-0.15, -0.1) is 11.3 Å². The maximum atomic E-state index is 12.8. The average molecular weight is 271 g/mol. The SMILES string of the molecule is Nc1cc(F)ccc1NC(=O)c1ccc(Cl)s1. The molecular weight excluding hydrogens is 263 g/mol. The number of nitrogens with two attached hydrogens (primary N) is 1. The molecule has 0 unspecified atom stereocenters. The third-order valence-electron chi connectivity index (χ3n) is 2.06. The lowest BCUT2D eigenvalue weighted by Gasteiger charge is -2.06. The predicted octanol–water partition coefficient (Wildman–Crippen LogP) is 3.38. The molecule has 17 heavy (non-hydrogen) atoms. The van der Waals surface area contributed by atoms with E-state index in [9.17, 15) is 9.18 Å². The molecule has 1 aromatic carbocycles. The maximum Gasteiger partial charge on any atom is 0.265 e. The molecule has 2 rings (SSSR count). The molecule has 1 aromatic heterocycles. The van der Waals surface area contributed by atoms with Crippen LogP contribution in [0.4, 0.5) is 15.8 Å². The first-order valence-electron chi connectivity index (χ1n) is 4.68. The molecule has 1 amide bonds. The Hall–Kier alpha value is -1.59. The standard InChI is InChI=1S/C11H8ClFN2OS/c12-10-4-3-9(17-10)11(16)15-8-2-1-6(13)5-7(8)14/h1-5H,14H2,(H,15,16). The summed E-state index contributed by atoms with van der Waals surface area (Å²) in [6.07, 6.45) is 0. The number of hydrogen-bond donors (Lipinski definition) is 2. The molecule has 0 aliphatic heterocycles. The lowest BCUT2D eigenvalue weighted by Crippen LogP contribution is -2.11. The number of nitrogens with one attached hydrogen (secondary N) is 1. The Labute approximate surface area is 106 Å². The number of halogens is 2. The molecule has 0 atom stereocenters. The van der Waals surface area contributed by atoms with Crippen LogP contribution in [0.5, 0.6) is 0 Å². The highest BCUT2D eigenvalue weighted by molar-refractivity contribution is 7.18. The van der Waals surface area contributed by atoms with E-state index in [4.69, 9.17) is 17.3 Å². The predicted molar refractivity (Wildman–Crippen MR) is 68.1 cm³/mol. The van der Waals surface area contributed by atoms with Gasteiger partial charge in [-0.2, -0.15) is 0 Å². The Morgan fingerprint density at radius 2 is 2.12 bits per heavy atom. The number of amides is 1. The van der Waals surface area contributed by atoms with E-state index in [-0.39, 0.29) is 11.6 Å². The van der Waals surface area contributed by atoms with Gasteiger partial charge in [0, 0.05) is 0 Å². The van der Waals surface area contributed by atoms with E-state index in [1.807, 2.05) is 0 Å². The van der Waals surface area contributed by atoms with Crippen molar-refractivity contribution in [3.63, 3.8) is 0 Å². The quantitative estimate of drug-likeness (QED) is 0.822. The zero-order valence-electron chi connectivity index (χ0n) is 8.54. The summed E-state index contributed by atoms with van der Waals surface area (Å²) in [5, 5.41) is 2.59. The molecule has 3 N–H and O–H groups in total. The molecule has 1 heterocycles. The van der Waals surface area contributed by atoms with Crippen molar-refractivity contribution in [3.8, 4) is 0 Å². The largest absolute Gasteiger partial charge is 0.397 e. The highest BCUT2D eigenvalue weighted by Crippen LogP contribution is 2.24. The van der Waals surface area contributed by atoms with Gasteiger partial charge in [0.25, 0.3) is 5.91 Å². The summed E-state index contributed by atoms with van der Waals surface area (Å²) in [6, 6.07) is 7.04. The van der Waals surface area contributed by atoms with Crippen molar-refractivity contribution >= 4 is 40.2 Å². The molecule has 0 radical (unpaired) electrons. The van der Waals surface area contributed by atoms with Crippen molar-refractivity contribution in [1.29, 1.82) is 0 Å². The van der Waals surface area contributed by atoms with Crippen molar-refractivity contribution in [1.82, 2.24) is 0 Å². The van der Waals surface area contributed by atoms with Crippen molar-refractivity contribution in [2.75, 3.05) is 11.1 Å². The number of carbonyl (C=O) groups excluding carboxylic acids is 1. The van der Waals surface area contributed by atoms with E-state index in [1.54, 1.807) is 12.1 Å². The average Bonchev–Trinajstić information content (AvgIpc) is 2.69. The van der Waals surface area contributed by atoms with Gasteiger partial charge in [-0.25, -0.2) is 4.39 Å². The molecular formula is C11H8ClFN2OS. The summed E-state index contributed by atoms with van der Waals surface area (Å²) < 4.78 is 13.3. The number of rotatable bonds is 2. The third-order valence-corrected chi connectivity index (χ3v) is 3.29. The van der Waals surface area contributed by atoms with E-state index in [1.165, 1.54) is 12.1 Å². The number of hydrogen-bond acceptors (Lipinski definition) is 3. The molecule has 0 aliphatic rings. The Kier molecular flexibility index (Phi) is 3.31. The van der Waals surface area contributed by atoms with Crippen LogP contribution in [-0.4, -0.2) is 5.91 Å². The van der Waals surface area contributed by atoms with E-state index in [0.717, 1.165) is 17.4 Å². The zero-order chi connectivity index (χ0) is 12.4. The summed E-state index contributed by atoms with van der Waals surface area (Å²) >= 11 is 6.89. The first kappa shape index (κ1) is 11.9. The second kappa shape index (κ2) is 4.73. The Morgan fingerprint density at radius 3 is 2.71 bits per heavy atom. The van der Waals surface area contributed by atoms with Crippen molar-refractivity contribution in [2.45, 2.75) is 0 Å². The smallest absolute Gasteiger partial charge is 0.265 e. The van der Waals surface area contributed by atoms with Gasteiger partial charge in [-0.05, 0) is 30.3 Å². The summed E-state index contributed by atoms with van der Waals surface area (Å²) in [6.45, 7) is 0. The lowest BCUT2D eigenvalue weighted by molar-refractivity contribution is 0.103. The van der Waals surface area contributed by atoms with Gasteiger partial charge in [-0.1, -0.05) is 11.6 Å². The van der Waals surface area contributed by atoms with E-state index < -0.39 is 5.82 Å². The number of carbonyl (C=O) groups is 1. The topological polar surface area (TPSA) is 55.1 Å². The number of anilines is 2. The molecule has 0 fully saturated rings.